The molecule has 0 aromatic heterocycles. The minimum Gasteiger partial charge on any atom is -0.481 e. The standard InChI is InChI=1S/C18H31N7O9/c19-4-1-2-10(24-13(27)7-21-12(26)3-5-20)17(33)22-8-14(28)25-11(6-15(29)30)18(34)23-9-16(31)32/h10-11H,1-9,19-20H2,(H,21,26)(H,22,33)(H,23,34)(H,24,27)(H,25,28)(H,29,30)(H,31,32). The van der Waals surface area contributed by atoms with Crippen LogP contribution in [0.3, 0.4) is 0 Å². The van der Waals surface area contributed by atoms with E-state index >= 15 is 0 Å². The summed E-state index contributed by atoms with van der Waals surface area (Å²) >= 11 is 0. The van der Waals surface area contributed by atoms with Crippen LogP contribution in [0.25, 0.3) is 0 Å². The Morgan fingerprint density at radius 1 is 0.647 bits per heavy atom. The van der Waals surface area contributed by atoms with Gasteiger partial charge in [-0.3, -0.25) is 33.6 Å². The van der Waals surface area contributed by atoms with Gasteiger partial charge in [0, 0.05) is 13.0 Å². The van der Waals surface area contributed by atoms with Crippen LogP contribution in [-0.2, 0) is 33.6 Å². The van der Waals surface area contributed by atoms with Crippen molar-refractivity contribution < 1.29 is 43.8 Å². The predicted octanol–water partition coefficient (Wildman–Crippen LogP) is -5.05. The normalized spacial score (nSPS) is 11.9. The molecule has 11 N–H and O–H groups in total. The molecule has 5 amide bonds. The summed E-state index contributed by atoms with van der Waals surface area (Å²) in [4.78, 5) is 81.3. The molecule has 0 rings (SSSR count). The number of nitrogens with two attached hydrogens (primary N) is 2. The summed E-state index contributed by atoms with van der Waals surface area (Å²) in [7, 11) is 0. The fourth-order valence-corrected chi connectivity index (χ4v) is 2.44. The molecule has 16 nitrogen and oxygen atoms in total. The third kappa shape index (κ3) is 14.3. The van der Waals surface area contributed by atoms with Crippen LogP contribution in [0.2, 0.25) is 0 Å². The molecule has 0 aromatic carbocycles. The Morgan fingerprint density at radius 3 is 1.71 bits per heavy atom. The maximum Gasteiger partial charge on any atom is 0.322 e. The summed E-state index contributed by atoms with van der Waals surface area (Å²) in [5.41, 5.74) is 10.7. The smallest absolute Gasteiger partial charge is 0.322 e. The Morgan fingerprint density at radius 2 is 1.18 bits per heavy atom. The van der Waals surface area contributed by atoms with E-state index in [4.69, 9.17) is 21.7 Å². The second kappa shape index (κ2) is 16.8. The number of aliphatic carboxylic acids is 2. The van der Waals surface area contributed by atoms with Gasteiger partial charge in [0.15, 0.2) is 0 Å². The van der Waals surface area contributed by atoms with E-state index in [1.165, 1.54) is 0 Å². The number of carboxylic acids is 2. The number of hydrogen-bond donors (Lipinski definition) is 9. The van der Waals surface area contributed by atoms with Crippen LogP contribution in [0, 0.1) is 0 Å². The fourth-order valence-electron chi connectivity index (χ4n) is 2.44. The molecule has 34 heavy (non-hydrogen) atoms. The molecule has 0 saturated carbocycles. The van der Waals surface area contributed by atoms with E-state index in [0.29, 0.717) is 6.42 Å². The summed E-state index contributed by atoms with van der Waals surface area (Å²) in [6.07, 6.45) is -0.312. The molecule has 2 unspecified atom stereocenters. The van der Waals surface area contributed by atoms with Gasteiger partial charge >= 0.3 is 11.9 Å². The predicted molar refractivity (Wildman–Crippen MR) is 115 cm³/mol. The van der Waals surface area contributed by atoms with E-state index in [2.05, 4.69) is 21.3 Å². The highest BCUT2D eigenvalue weighted by Crippen LogP contribution is 1.98. The van der Waals surface area contributed by atoms with Crippen molar-refractivity contribution in [3.05, 3.63) is 0 Å². The van der Waals surface area contributed by atoms with E-state index in [9.17, 15) is 33.6 Å². The minimum absolute atomic E-state index is 0.0245. The Bertz CT molecular complexity index is 760. The number of carboxylic acid groups (broad SMARTS) is 2. The SMILES string of the molecule is NCCCC(NC(=O)CNC(=O)CCN)C(=O)NCC(=O)NC(CC(=O)O)C(=O)NCC(=O)O. The van der Waals surface area contributed by atoms with E-state index in [1.54, 1.807) is 0 Å². The zero-order valence-corrected chi connectivity index (χ0v) is 18.4. The van der Waals surface area contributed by atoms with Gasteiger partial charge in [0.2, 0.25) is 29.5 Å². The first-order chi connectivity index (χ1) is 16.0. The number of carbonyl (C=O) groups excluding carboxylic acids is 5. The highest BCUT2D eigenvalue weighted by molar-refractivity contribution is 5.94. The fraction of sp³-hybridized carbons (Fsp3) is 0.611. The zero-order chi connectivity index (χ0) is 26.1. The molecule has 0 bridgehead atoms. The van der Waals surface area contributed by atoms with Gasteiger partial charge in [-0.15, -0.1) is 0 Å². The topological polar surface area (TPSA) is 272 Å². The van der Waals surface area contributed by atoms with E-state index in [0.717, 1.165) is 0 Å². The molecular formula is C18H31N7O9. The second-order valence-corrected chi connectivity index (χ2v) is 6.91. The van der Waals surface area contributed by atoms with Crippen LogP contribution in [0.1, 0.15) is 25.7 Å². The number of rotatable bonds is 17. The molecule has 0 fully saturated rings. The van der Waals surface area contributed by atoms with Crippen molar-refractivity contribution in [1.29, 1.82) is 0 Å². The number of hydrogen-bond acceptors (Lipinski definition) is 9. The highest BCUT2D eigenvalue weighted by atomic mass is 16.4. The monoisotopic (exact) mass is 489 g/mol. The first kappa shape index (κ1) is 30.2. The molecule has 2 atom stereocenters. The highest BCUT2D eigenvalue weighted by Gasteiger charge is 2.25. The van der Waals surface area contributed by atoms with Gasteiger partial charge in [0.05, 0.1) is 19.5 Å². The Kier molecular flexibility index (Phi) is 14.9. The average Bonchev–Trinajstić information content (AvgIpc) is 2.76. The van der Waals surface area contributed by atoms with Gasteiger partial charge in [-0.2, -0.15) is 0 Å². The van der Waals surface area contributed by atoms with E-state index < -0.39 is 79.6 Å². The average molecular weight is 489 g/mol. The Labute approximate surface area is 194 Å². The lowest BCUT2D eigenvalue weighted by atomic mass is 10.1. The number of carbonyl (C=O) groups is 7. The van der Waals surface area contributed by atoms with Gasteiger partial charge in [-0.05, 0) is 19.4 Å². The number of nitrogens with one attached hydrogen (secondary N) is 5. The lowest BCUT2D eigenvalue weighted by Crippen LogP contribution is -2.53. The first-order valence-electron chi connectivity index (χ1n) is 10.2. The summed E-state index contributed by atoms with van der Waals surface area (Å²) in [6, 6.07) is -2.66. The van der Waals surface area contributed by atoms with Crippen LogP contribution in [-0.4, -0.2) is 96.5 Å². The van der Waals surface area contributed by atoms with Crippen molar-refractivity contribution in [3.8, 4) is 0 Å². The van der Waals surface area contributed by atoms with E-state index in [1.807, 2.05) is 5.32 Å². The quantitative estimate of drug-likeness (QED) is 0.0932. The summed E-state index contributed by atoms with van der Waals surface area (Å²) in [5.74, 6) is -6.62. The Hall–Kier alpha value is -3.79. The molecule has 192 valence electrons. The molecule has 0 saturated heterocycles. The van der Waals surface area contributed by atoms with Crippen LogP contribution in [0.15, 0.2) is 0 Å². The summed E-state index contributed by atoms with van der Waals surface area (Å²) in [6.45, 7) is -1.52. The number of amides is 5. The van der Waals surface area contributed by atoms with Crippen molar-refractivity contribution in [1.82, 2.24) is 26.6 Å². The van der Waals surface area contributed by atoms with Crippen LogP contribution < -0.4 is 38.1 Å². The van der Waals surface area contributed by atoms with Gasteiger partial charge in [0.25, 0.3) is 0 Å². The molecule has 0 aromatic rings. The molecule has 0 heterocycles. The van der Waals surface area contributed by atoms with Gasteiger partial charge in [-0.1, -0.05) is 0 Å². The maximum atomic E-state index is 12.4. The van der Waals surface area contributed by atoms with Crippen molar-refractivity contribution in [2.75, 3.05) is 32.7 Å². The van der Waals surface area contributed by atoms with Crippen molar-refractivity contribution >= 4 is 41.5 Å². The van der Waals surface area contributed by atoms with Gasteiger partial charge < -0.3 is 48.3 Å². The van der Waals surface area contributed by atoms with Gasteiger partial charge in [0.1, 0.15) is 18.6 Å². The molecule has 16 heteroatoms. The largest absolute Gasteiger partial charge is 0.481 e. The van der Waals surface area contributed by atoms with Crippen LogP contribution in [0.5, 0.6) is 0 Å². The summed E-state index contributed by atoms with van der Waals surface area (Å²) in [5, 5.41) is 28.5. The van der Waals surface area contributed by atoms with Crippen molar-refractivity contribution in [2.45, 2.75) is 37.8 Å². The minimum atomic E-state index is -1.58. The summed E-state index contributed by atoms with van der Waals surface area (Å²) < 4.78 is 0. The third-order valence-electron chi connectivity index (χ3n) is 4.03. The molecule has 0 radical (unpaired) electrons. The third-order valence-corrected chi connectivity index (χ3v) is 4.03. The molecule has 0 spiro atoms. The maximum absolute atomic E-state index is 12.4. The Balaban J connectivity index is 4.87. The second-order valence-electron chi connectivity index (χ2n) is 6.91. The molecule has 0 aliphatic carbocycles. The lowest BCUT2D eigenvalue weighted by molar-refractivity contribution is -0.141. The molecule has 0 aliphatic rings. The zero-order valence-electron chi connectivity index (χ0n) is 18.4. The van der Waals surface area contributed by atoms with Crippen molar-refractivity contribution in [3.63, 3.8) is 0 Å². The van der Waals surface area contributed by atoms with E-state index in [-0.39, 0.29) is 25.9 Å². The van der Waals surface area contributed by atoms with Gasteiger partial charge in [-0.25, -0.2) is 0 Å². The van der Waals surface area contributed by atoms with Crippen LogP contribution in [0.4, 0.5) is 0 Å². The molecular weight excluding hydrogens is 458 g/mol. The van der Waals surface area contributed by atoms with Crippen LogP contribution >= 0.6 is 0 Å². The molecule has 0 aliphatic heterocycles. The lowest BCUT2D eigenvalue weighted by Gasteiger charge is -2.19. The van der Waals surface area contributed by atoms with Crippen molar-refractivity contribution in [2.24, 2.45) is 11.5 Å². The first-order valence-corrected chi connectivity index (χ1v) is 10.2.